The minimum Gasteiger partial charge on any atom is -0.336 e. The number of fused-ring (bicyclic) bond motifs is 1. The third-order valence-corrected chi connectivity index (χ3v) is 4.75. The fourth-order valence-electron chi connectivity index (χ4n) is 3.39. The summed E-state index contributed by atoms with van der Waals surface area (Å²) in [5.74, 6) is -1.56. The van der Waals surface area contributed by atoms with E-state index in [4.69, 9.17) is 0 Å². The lowest BCUT2D eigenvalue weighted by Gasteiger charge is -2.23. The predicted molar refractivity (Wildman–Crippen MR) is 105 cm³/mol. The number of aromatic nitrogens is 3. The summed E-state index contributed by atoms with van der Waals surface area (Å²) < 4.78 is 56.3. The molecule has 0 bridgehead atoms. The van der Waals surface area contributed by atoms with Crippen molar-refractivity contribution < 1.29 is 38.0 Å². The maximum atomic E-state index is 14.4. The molecule has 4 rings (SSSR count). The fraction of sp³-hybridized carbons (Fsp3) is 0.0952. The van der Waals surface area contributed by atoms with Crippen LogP contribution in [0.15, 0.2) is 59.5 Å². The quantitative estimate of drug-likeness (QED) is 0.269. The maximum absolute atomic E-state index is 14.4. The van der Waals surface area contributed by atoms with Crippen LogP contribution in [0.25, 0.3) is 27.8 Å². The smallest absolute Gasteiger partial charge is 0.336 e. The zero-order chi connectivity index (χ0) is 24.1. The molecule has 170 valence electrons. The van der Waals surface area contributed by atoms with Gasteiger partial charge in [-0.05, 0) is 30.3 Å². The molecular weight excluding hydrogens is 450 g/mol. The van der Waals surface area contributed by atoms with E-state index in [9.17, 15) is 42.8 Å². The summed E-state index contributed by atoms with van der Waals surface area (Å²) in [4.78, 5) is 16.7. The van der Waals surface area contributed by atoms with Crippen LogP contribution in [0.4, 0.5) is 17.6 Å². The Balaban J connectivity index is 2.16. The number of halogens is 4. The van der Waals surface area contributed by atoms with Crippen molar-refractivity contribution in [2.24, 2.45) is 0 Å². The van der Waals surface area contributed by atoms with E-state index in [-0.39, 0.29) is 16.6 Å². The molecule has 0 amide bonds. The molecule has 33 heavy (non-hydrogen) atoms. The van der Waals surface area contributed by atoms with Crippen molar-refractivity contribution in [3.63, 3.8) is 0 Å². The van der Waals surface area contributed by atoms with Crippen molar-refractivity contribution in [1.29, 1.82) is 0 Å². The first-order valence-electron chi connectivity index (χ1n) is 9.14. The molecule has 0 aliphatic rings. The Bertz CT molecular complexity index is 1430. The van der Waals surface area contributed by atoms with E-state index < -0.39 is 51.7 Å². The van der Waals surface area contributed by atoms with Gasteiger partial charge in [-0.1, -0.05) is 18.2 Å². The average molecular weight is 463 g/mol. The third-order valence-electron chi connectivity index (χ3n) is 4.75. The van der Waals surface area contributed by atoms with E-state index in [1.54, 1.807) is 0 Å². The standard InChI is InChI=1S/C21H13F4N3O5/c22-10-4-6-12(7-5-10)28-19(29)14-8-11(23)9-26-17(14)18(27-28)13-2-1-3-15(20(24,30)31)16(13)21(25,32)33/h1-9,30-33H. The zero-order valence-corrected chi connectivity index (χ0v) is 16.2. The molecule has 0 saturated carbocycles. The molecule has 0 aliphatic carbocycles. The topological polar surface area (TPSA) is 129 Å². The highest BCUT2D eigenvalue weighted by molar-refractivity contribution is 5.91. The fourth-order valence-corrected chi connectivity index (χ4v) is 3.39. The van der Waals surface area contributed by atoms with Crippen LogP contribution in [0.5, 0.6) is 0 Å². The SMILES string of the molecule is O=c1c2cc(F)cnc2c(-c2cccc(C(O)(O)F)c2C(O)(O)F)nn1-c1ccc(F)cc1. The first-order chi connectivity index (χ1) is 15.4. The second-order valence-electron chi connectivity index (χ2n) is 6.99. The molecule has 4 N–H and O–H groups in total. The molecule has 0 unspecified atom stereocenters. The lowest BCUT2D eigenvalue weighted by Crippen LogP contribution is -2.29. The molecule has 12 heteroatoms. The number of rotatable bonds is 4. The van der Waals surface area contributed by atoms with Crippen LogP contribution in [-0.4, -0.2) is 35.2 Å². The van der Waals surface area contributed by atoms with Crippen molar-refractivity contribution in [3.8, 4) is 16.9 Å². The minimum atomic E-state index is -4.31. The van der Waals surface area contributed by atoms with E-state index in [1.807, 2.05) is 0 Å². The van der Waals surface area contributed by atoms with Gasteiger partial charge < -0.3 is 20.4 Å². The van der Waals surface area contributed by atoms with Gasteiger partial charge in [0.15, 0.2) is 0 Å². The molecule has 2 aromatic heterocycles. The molecule has 0 atom stereocenters. The molecule has 0 fully saturated rings. The van der Waals surface area contributed by atoms with E-state index in [0.717, 1.165) is 42.5 Å². The van der Waals surface area contributed by atoms with Gasteiger partial charge in [0, 0.05) is 5.56 Å². The van der Waals surface area contributed by atoms with Crippen LogP contribution in [0.3, 0.4) is 0 Å². The maximum Gasteiger partial charge on any atom is 0.345 e. The van der Waals surface area contributed by atoms with Gasteiger partial charge in [0.1, 0.15) is 22.8 Å². The normalized spacial score (nSPS) is 12.4. The first kappa shape index (κ1) is 22.5. The summed E-state index contributed by atoms with van der Waals surface area (Å²) in [6.45, 7) is 0. The van der Waals surface area contributed by atoms with E-state index in [0.29, 0.717) is 16.9 Å². The molecule has 0 spiro atoms. The molecular formula is C21H13F4N3O5. The Kier molecular flexibility index (Phi) is 5.25. The van der Waals surface area contributed by atoms with Gasteiger partial charge in [-0.15, -0.1) is 0 Å². The monoisotopic (exact) mass is 463 g/mol. The summed E-state index contributed by atoms with van der Waals surface area (Å²) in [5, 5.41) is 41.7. The Morgan fingerprint density at radius 2 is 1.55 bits per heavy atom. The highest BCUT2D eigenvalue weighted by Crippen LogP contribution is 2.39. The van der Waals surface area contributed by atoms with Crippen molar-refractivity contribution in [2.75, 3.05) is 0 Å². The van der Waals surface area contributed by atoms with E-state index in [2.05, 4.69) is 10.1 Å². The molecule has 0 saturated heterocycles. The van der Waals surface area contributed by atoms with Gasteiger partial charge in [-0.2, -0.15) is 18.6 Å². The van der Waals surface area contributed by atoms with Crippen LogP contribution >= 0.6 is 0 Å². The Hall–Kier alpha value is -3.71. The summed E-state index contributed by atoms with van der Waals surface area (Å²) in [6.07, 6.45) is 0.705. The van der Waals surface area contributed by atoms with Gasteiger partial charge in [0.25, 0.3) is 5.56 Å². The summed E-state index contributed by atoms with van der Waals surface area (Å²) >= 11 is 0. The van der Waals surface area contributed by atoms with Crippen molar-refractivity contribution in [2.45, 2.75) is 12.1 Å². The molecule has 2 heterocycles. The summed E-state index contributed by atoms with van der Waals surface area (Å²) in [7, 11) is 0. The van der Waals surface area contributed by atoms with Crippen molar-refractivity contribution in [1.82, 2.24) is 14.8 Å². The first-order valence-corrected chi connectivity index (χ1v) is 9.14. The number of alkyl halides is 2. The van der Waals surface area contributed by atoms with Gasteiger partial charge in [0.2, 0.25) is 0 Å². The molecule has 8 nitrogen and oxygen atoms in total. The molecule has 0 aliphatic heterocycles. The van der Waals surface area contributed by atoms with Crippen molar-refractivity contribution in [3.05, 3.63) is 87.8 Å². The molecule has 2 aromatic carbocycles. The minimum absolute atomic E-state index is 0.00446. The van der Waals surface area contributed by atoms with Crippen LogP contribution in [0.1, 0.15) is 11.1 Å². The lowest BCUT2D eigenvalue weighted by atomic mass is 9.95. The highest BCUT2D eigenvalue weighted by atomic mass is 19.2. The zero-order valence-electron chi connectivity index (χ0n) is 16.2. The largest absolute Gasteiger partial charge is 0.345 e. The Morgan fingerprint density at radius 3 is 2.15 bits per heavy atom. The van der Waals surface area contributed by atoms with Crippen LogP contribution in [0.2, 0.25) is 0 Å². The summed E-state index contributed by atoms with van der Waals surface area (Å²) in [6, 6.07) is -0.679. The number of pyridine rings is 1. The number of benzene rings is 2. The van der Waals surface area contributed by atoms with E-state index >= 15 is 0 Å². The second kappa shape index (κ2) is 7.71. The van der Waals surface area contributed by atoms with Crippen molar-refractivity contribution >= 4 is 10.9 Å². The Morgan fingerprint density at radius 1 is 0.879 bits per heavy atom. The van der Waals surface area contributed by atoms with Gasteiger partial charge in [-0.3, -0.25) is 9.78 Å². The Labute approximate surface area is 181 Å². The van der Waals surface area contributed by atoms with Crippen LogP contribution in [-0.2, 0) is 12.1 Å². The number of hydrogen-bond donors (Lipinski definition) is 4. The van der Waals surface area contributed by atoms with E-state index in [1.165, 1.54) is 0 Å². The highest BCUT2D eigenvalue weighted by Gasteiger charge is 2.40. The average Bonchev–Trinajstić information content (AvgIpc) is 2.73. The van der Waals surface area contributed by atoms with Crippen LogP contribution in [0, 0.1) is 11.6 Å². The third kappa shape index (κ3) is 4.07. The summed E-state index contributed by atoms with van der Waals surface area (Å²) in [5.41, 5.74) is -4.96. The predicted octanol–water partition coefficient (Wildman–Crippen LogP) is 1.85. The van der Waals surface area contributed by atoms with Gasteiger partial charge in [0.05, 0.1) is 28.4 Å². The molecule has 4 aromatic rings. The number of aliphatic hydroxyl groups is 4. The van der Waals surface area contributed by atoms with Gasteiger partial charge >= 0.3 is 12.1 Å². The van der Waals surface area contributed by atoms with Crippen LogP contribution < -0.4 is 5.56 Å². The molecule has 0 radical (unpaired) electrons. The lowest BCUT2D eigenvalue weighted by molar-refractivity contribution is -0.290. The number of nitrogens with zero attached hydrogens (tertiary/aromatic N) is 3. The second-order valence-corrected chi connectivity index (χ2v) is 6.99. The van der Waals surface area contributed by atoms with Gasteiger partial charge in [-0.25, -0.2) is 8.78 Å². The number of hydrogen-bond acceptors (Lipinski definition) is 7.